The number of carbonyl (C=O) groups is 1. The molecule has 150 valence electrons. The van der Waals surface area contributed by atoms with E-state index < -0.39 is 0 Å². The Bertz CT molecular complexity index is 926. The molecule has 0 spiro atoms. The van der Waals surface area contributed by atoms with Gasteiger partial charge in [-0.05, 0) is 36.2 Å². The molecule has 1 heterocycles. The van der Waals surface area contributed by atoms with Crippen molar-refractivity contribution in [3.05, 3.63) is 59.8 Å². The van der Waals surface area contributed by atoms with Gasteiger partial charge in [-0.15, -0.1) is 12.4 Å². The van der Waals surface area contributed by atoms with E-state index in [9.17, 15) is 4.79 Å². The van der Waals surface area contributed by atoms with E-state index in [2.05, 4.69) is 16.4 Å². The van der Waals surface area contributed by atoms with Crippen molar-refractivity contribution in [3.8, 4) is 11.5 Å². The van der Waals surface area contributed by atoms with Gasteiger partial charge in [0.05, 0.1) is 20.3 Å². The number of rotatable bonds is 8. The van der Waals surface area contributed by atoms with Gasteiger partial charge in [-0.3, -0.25) is 4.79 Å². The molecule has 0 aliphatic heterocycles. The first-order valence-corrected chi connectivity index (χ1v) is 9.01. The highest BCUT2D eigenvalue weighted by Crippen LogP contribution is 2.35. The number of nitrogens with one attached hydrogen (secondary N) is 2. The molecular weight excluding hydrogens is 378 g/mol. The third kappa shape index (κ3) is 4.58. The third-order valence-corrected chi connectivity index (χ3v) is 4.58. The highest BCUT2D eigenvalue weighted by molar-refractivity contribution is 5.85. The van der Waals surface area contributed by atoms with E-state index in [1.807, 2.05) is 49.5 Å². The maximum Gasteiger partial charge on any atom is 0.233 e. The minimum atomic E-state index is -0.183. The summed E-state index contributed by atoms with van der Waals surface area (Å²) in [4.78, 5) is 15.1. The SMILES string of the molecule is CCOc1ccc(C(CNC(=O)CN)c2c[nH]c3ccccc23)cc1OC.Cl. The Morgan fingerprint density at radius 1 is 1.21 bits per heavy atom. The van der Waals surface area contributed by atoms with Gasteiger partial charge in [-0.2, -0.15) is 0 Å². The fourth-order valence-electron chi connectivity index (χ4n) is 3.25. The Kier molecular flexibility index (Phi) is 7.72. The Labute approximate surface area is 170 Å². The molecule has 0 aliphatic rings. The number of amides is 1. The molecule has 0 bridgehead atoms. The first kappa shape index (κ1) is 21.6. The van der Waals surface area contributed by atoms with E-state index in [-0.39, 0.29) is 30.8 Å². The minimum Gasteiger partial charge on any atom is -0.493 e. The van der Waals surface area contributed by atoms with E-state index in [0.29, 0.717) is 24.7 Å². The average Bonchev–Trinajstić information content (AvgIpc) is 3.13. The fourth-order valence-corrected chi connectivity index (χ4v) is 3.25. The van der Waals surface area contributed by atoms with Crippen molar-refractivity contribution in [2.24, 2.45) is 5.73 Å². The summed E-state index contributed by atoms with van der Waals surface area (Å²) in [5, 5.41) is 4.03. The Balaban J connectivity index is 0.00000280. The highest BCUT2D eigenvalue weighted by Gasteiger charge is 2.20. The van der Waals surface area contributed by atoms with E-state index in [0.717, 1.165) is 22.0 Å². The lowest BCUT2D eigenvalue weighted by atomic mass is 9.90. The number of halogens is 1. The van der Waals surface area contributed by atoms with Crippen LogP contribution >= 0.6 is 12.4 Å². The standard InChI is InChI=1S/C21H25N3O3.ClH/c1-3-27-19-9-8-14(10-20(19)26-2)16(12-24-21(25)11-22)17-13-23-18-7-5-4-6-15(17)18;/h4-10,13,16,23H,3,11-12,22H2,1-2H3,(H,24,25);1H. The van der Waals surface area contributed by atoms with Crippen LogP contribution in [-0.4, -0.2) is 37.7 Å². The van der Waals surface area contributed by atoms with Crippen LogP contribution in [0.4, 0.5) is 0 Å². The number of nitrogens with two attached hydrogens (primary N) is 1. The number of benzene rings is 2. The molecule has 3 rings (SSSR count). The molecular formula is C21H26ClN3O3. The van der Waals surface area contributed by atoms with Crippen LogP contribution in [0.3, 0.4) is 0 Å². The van der Waals surface area contributed by atoms with Crippen molar-refractivity contribution in [1.82, 2.24) is 10.3 Å². The van der Waals surface area contributed by atoms with E-state index in [1.165, 1.54) is 0 Å². The smallest absolute Gasteiger partial charge is 0.233 e. The number of H-pyrrole nitrogens is 1. The third-order valence-electron chi connectivity index (χ3n) is 4.58. The van der Waals surface area contributed by atoms with Crippen LogP contribution in [-0.2, 0) is 4.79 Å². The van der Waals surface area contributed by atoms with Crippen molar-refractivity contribution < 1.29 is 14.3 Å². The normalized spacial score (nSPS) is 11.5. The van der Waals surface area contributed by atoms with Gasteiger partial charge in [0.2, 0.25) is 5.91 Å². The van der Waals surface area contributed by atoms with Crippen LogP contribution in [0.2, 0.25) is 0 Å². The van der Waals surface area contributed by atoms with Crippen molar-refractivity contribution in [3.63, 3.8) is 0 Å². The van der Waals surface area contributed by atoms with Crippen molar-refractivity contribution in [2.75, 3.05) is 26.8 Å². The predicted octanol–water partition coefficient (Wildman–Crippen LogP) is 3.20. The topological polar surface area (TPSA) is 89.4 Å². The van der Waals surface area contributed by atoms with Gasteiger partial charge in [0, 0.05) is 29.6 Å². The van der Waals surface area contributed by atoms with Crippen molar-refractivity contribution in [2.45, 2.75) is 12.8 Å². The molecule has 0 fully saturated rings. The number of hydrogen-bond donors (Lipinski definition) is 3. The average molecular weight is 404 g/mol. The Morgan fingerprint density at radius 2 is 2.00 bits per heavy atom. The second kappa shape index (κ2) is 10.0. The molecule has 7 heteroatoms. The summed E-state index contributed by atoms with van der Waals surface area (Å²) in [5.74, 6) is 1.13. The quantitative estimate of drug-likeness (QED) is 0.538. The van der Waals surface area contributed by atoms with Gasteiger partial charge in [0.15, 0.2) is 11.5 Å². The van der Waals surface area contributed by atoms with E-state index in [4.69, 9.17) is 15.2 Å². The number of fused-ring (bicyclic) bond motifs is 1. The van der Waals surface area contributed by atoms with Crippen LogP contribution in [0.5, 0.6) is 11.5 Å². The minimum absolute atomic E-state index is 0. The number of aromatic amines is 1. The zero-order valence-electron chi connectivity index (χ0n) is 16.0. The largest absolute Gasteiger partial charge is 0.493 e. The summed E-state index contributed by atoms with van der Waals surface area (Å²) in [6, 6.07) is 14.0. The molecule has 2 aromatic carbocycles. The molecule has 0 saturated heterocycles. The van der Waals surface area contributed by atoms with Crippen LogP contribution in [0.1, 0.15) is 24.0 Å². The zero-order chi connectivity index (χ0) is 19.2. The molecule has 3 aromatic rings. The van der Waals surface area contributed by atoms with Gasteiger partial charge in [0.1, 0.15) is 0 Å². The summed E-state index contributed by atoms with van der Waals surface area (Å²) in [7, 11) is 1.62. The molecule has 0 saturated carbocycles. The Hall–Kier alpha value is -2.70. The van der Waals surface area contributed by atoms with Gasteiger partial charge >= 0.3 is 0 Å². The van der Waals surface area contributed by atoms with Crippen LogP contribution in [0.25, 0.3) is 10.9 Å². The molecule has 6 nitrogen and oxygen atoms in total. The monoisotopic (exact) mass is 403 g/mol. The lowest BCUT2D eigenvalue weighted by Gasteiger charge is -2.20. The van der Waals surface area contributed by atoms with Gasteiger partial charge in [0.25, 0.3) is 0 Å². The summed E-state index contributed by atoms with van der Waals surface area (Å²) >= 11 is 0. The lowest BCUT2D eigenvalue weighted by Crippen LogP contribution is -2.33. The second-order valence-electron chi connectivity index (χ2n) is 6.19. The summed E-state index contributed by atoms with van der Waals surface area (Å²) in [6.45, 7) is 2.90. The summed E-state index contributed by atoms with van der Waals surface area (Å²) < 4.78 is 11.1. The highest BCUT2D eigenvalue weighted by atomic mass is 35.5. The van der Waals surface area contributed by atoms with Crippen LogP contribution in [0, 0.1) is 0 Å². The van der Waals surface area contributed by atoms with Gasteiger partial charge < -0.3 is 25.5 Å². The van der Waals surface area contributed by atoms with E-state index >= 15 is 0 Å². The van der Waals surface area contributed by atoms with Gasteiger partial charge in [-0.25, -0.2) is 0 Å². The molecule has 28 heavy (non-hydrogen) atoms. The number of hydrogen-bond acceptors (Lipinski definition) is 4. The number of para-hydroxylation sites is 1. The van der Waals surface area contributed by atoms with E-state index in [1.54, 1.807) is 7.11 Å². The number of aromatic nitrogens is 1. The van der Waals surface area contributed by atoms with Crippen LogP contribution in [0.15, 0.2) is 48.7 Å². The van der Waals surface area contributed by atoms with Gasteiger partial charge in [-0.1, -0.05) is 24.3 Å². The second-order valence-corrected chi connectivity index (χ2v) is 6.19. The molecule has 1 aromatic heterocycles. The number of ether oxygens (including phenoxy) is 2. The first-order valence-electron chi connectivity index (χ1n) is 9.01. The molecule has 1 amide bonds. The van der Waals surface area contributed by atoms with Crippen LogP contribution < -0.4 is 20.5 Å². The molecule has 1 unspecified atom stereocenters. The molecule has 0 aliphatic carbocycles. The summed E-state index contributed by atoms with van der Waals surface area (Å²) in [6.07, 6.45) is 1.99. The number of methoxy groups -OCH3 is 1. The van der Waals surface area contributed by atoms with Crippen molar-refractivity contribution >= 4 is 29.2 Å². The fraction of sp³-hybridized carbons (Fsp3) is 0.286. The molecule has 0 radical (unpaired) electrons. The first-order chi connectivity index (χ1) is 13.2. The molecule has 1 atom stereocenters. The maximum atomic E-state index is 11.8. The molecule has 4 N–H and O–H groups in total. The lowest BCUT2D eigenvalue weighted by molar-refractivity contribution is -0.119. The zero-order valence-corrected chi connectivity index (χ0v) is 16.8. The summed E-state index contributed by atoms with van der Waals surface area (Å²) in [5.41, 5.74) is 8.64. The predicted molar refractivity (Wildman–Crippen MR) is 114 cm³/mol. The maximum absolute atomic E-state index is 11.8. The number of carbonyl (C=O) groups excluding carboxylic acids is 1. The Morgan fingerprint density at radius 3 is 2.71 bits per heavy atom. The van der Waals surface area contributed by atoms with Crippen molar-refractivity contribution in [1.29, 1.82) is 0 Å².